The first-order valence-corrected chi connectivity index (χ1v) is 10.7. The number of aromatic nitrogens is 3. The van der Waals surface area contributed by atoms with Crippen LogP contribution in [0.15, 0.2) is 72.1 Å². The van der Waals surface area contributed by atoms with E-state index >= 15 is 0 Å². The normalized spacial score (nSPS) is 14.6. The van der Waals surface area contributed by atoms with E-state index in [1.165, 1.54) is 5.56 Å². The Kier molecular flexibility index (Phi) is 6.36. The van der Waals surface area contributed by atoms with Crippen molar-refractivity contribution < 1.29 is 4.79 Å². The van der Waals surface area contributed by atoms with Gasteiger partial charge in [-0.3, -0.25) is 9.78 Å². The molecule has 0 aliphatic carbocycles. The van der Waals surface area contributed by atoms with Crippen LogP contribution >= 0.6 is 11.8 Å². The van der Waals surface area contributed by atoms with Gasteiger partial charge in [-0.05, 0) is 54.8 Å². The number of pyridine rings is 1. The molecule has 6 nitrogen and oxygen atoms in total. The molecule has 0 saturated carbocycles. The maximum atomic E-state index is 12.6. The molecule has 4 rings (SSSR count). The van der Waals surface area contributed by atoms with Gasteiger partial charge in [-0.1, -0.05) is 6.07 Å². The molecule has 0 atom stereocenters. The van der Waals surface area contributed by atoms with Gasteiger partial charge in [0, 0.05) is 60.1 Å². The predicted octanol–water partition coefficient (Wildman–Crippen LogP) is 3.56. The van der Waals surface area contributed by atoms with Gasteiger partial charge < -0.3 is 10.2 Å². The lowest BCUT2D eigenvalue weighted by molar-refractivity contribution is 0.0931. The summed E-state index contributed by atoms with van der Waals surface area (Å²) in [6.45, 7) is 1.69. The second-order valence-corrected chi connectivity index (χ2v) is 8.01. The molecule has 1 N–H and O–H groups in total. The first-order valence-electron chi connectivity index (χ1n) is 9.72. The lowest BCUT2D eigenvalue weighted by Crippen LogP contribution is -2.45. The van der Waals surface area contributed by atoms with Gasteiger partial charge in [0.25, 0.3) is 5.91 Å². The number of rotatable bonds is 6. The Morgan fingerprint density at radius 1 is 1.03 bits per heavy atom. The fourth-order valence-electron chi connectivity index (χ4n) is 3.30. The third-order valence-electron chi connectivity index (χ3n) is 4.91. The average Bonchev–Trinajstić information content (AvgIpc) is 2.80. The van der Waals surface area contributed by atoms with Gasteiger partial charge in [0.2, 0.25) is 5.95 Å². The summed E-state index contributed by atoms with van der Waals surface area (Å²) < 4.78 is 0. The average molecular weight is 406 g/mol. The molecule has 1 fully saturated rings. The Morgan fingerprint density at radius 2 is 1.79 bits per heavy atom. The van der Waals surface area contributed by atoms with E-state index in [2.05, 4.69) is 31.2 Å². The van der Waals surface area contributed by atoms with E-state index < -0.39 is 0 Å². The molecule has 1 aliphatic rings. The Hall–Kier alpha value is -2.93. The first kappa shape index (κ1) is 19.4. The minimum Gasteiger partial charge on any atom is -0.349 e. The number of nitrogens with zero attached hydrogens (tertiary/aromatic N) is 4. The van der Waals surface area contributed by atoms with E-state index in [1.54, 1.807) is 30.4 Å². The number of benzene rings is 1. The molecule has 1 aliphatic heterocycles. The summed E-state index contributed by atoms with van der Waals surface area (Å²) in [6, 6.07) is 13.8. The summed E-state index contributed by atoms with van der Waals surface area (Å²) in [6.07, 6.45) is 8.96. The second-order valence-electron chi connectivity index (χ2n) is 6.96. The molecule has 0 spiro atoms. The van der Waals surface area contributed by atoms with Crippen LogP contribution in [-0.4, -0.2) is 40.0 Å². The van der Waals surface area contributed by atoms with Crippen LogP contribution in [0.25, 0.3) is 0 Å². The van der Waals surface area contributed by atoms with Crippen molar-refractivity contribution in [3.8, 4) is 0 Å². The number of anilines is 1. The summed E-state index contributed by atoms with van der Waals surface area (Å²) in [4.78, 5) is 28.6. The Balaban J connectivity index is 1.26. The van der Waals surface area contributed by atoms with Crippen molar-refractivity contribution in [2.45, 2.75) is 29.5 Å². The standard InChI is InChI=1S/C22H23N5OS/c28-21(26-19-8-13-27(14-9-19)22-24-11-2-12-25-22)18-4-6-20(7-5-18)29-16-17-3-1-10-23-15-17/h1-7,10-12,15,19H,8-9,13-14,16H2,(H,26,28). The van der Waals surface area contributed by atoms with Crippen LogP contribution in [0.2, 0.25) is 0 Å². The van der Waals surface area contributed by atoms with Crippen molar-refractivity contribution in [3.05, 3.63) is 78.4 Å². The highest BCUT2D eigenvalue weighted by atomic mass is 32.2. The Bertz CT molecular complexity index is 913. The van der Waals surface area contributed by atoms with Gasteiger partial charge in [0.15, 0.2) is 0 Å². The van der Waals surface area contributed by atoms with Crippen LogP contribution < -0.4 is 10.2 Å². The van der Waals surface area contributed by atoms with Crippen LogP contribution in [0.4, 0.5) is 5.95 Å². The third-order valence-corrected chi connectivity index (χ3v) is 5.99. The molecule has 1 amide bonds. The fraction of sp³-hybridized carbons (Fsp3) is 0.273. The lowest BCUT2D eigenvalue weighted by atomic mass is 10.0. The highest BCUT2D eigenvalue weighted by Gasteiger charge is 2.22. The molecule has 3 aromatic rings. The molecule has 1 aromatic carbocycles. The highest BCUT2D eigenvalue weighted by molar-refractivity contribution is 7.98. The molecule has 2 aromatic heterocycles. The Morgan fingerprint density at radius 3 is 2.48 bits per heavy atom. The van der Waals surface area contributed by atoms with E-state index in [0.717, 1.165) is 42.5 Å². The second kappa shape index (κ2) is 9.52. The summed E-state index contributed by atoms with van der Waals surface area (Å²) in [5.74, 6) is 1.61. The van der Waals surface area contributed by atoms with Crippen LogP contribution in [0, 0.1) is 0 Å². The molecular formula is C22H23N5OS. The molecule has 7 heteroatoms. The SMILES string of the molecule is O=C(NC1CCN(c2ncccn2)CC1)c1ccc(SCc2cccnc2)cc1. The number of thioether (sulfide) groups is 1. The molecule has 0 bridgehead atoms. The molecular weight excluding hydrogens is 382 g/mol. The summed E-state index contributed by atoms with van der Waals surface area (Å²) in [5, 5.41) is 3.16. The maximum absolute atomic E-state index is 12.6. The number of nitrogens with one attached hydrogen (secondary N) is 1. The number of hydrogen-bond acceptors (Lipinski definition) is 6. The highest BCUT2D eigenvalue weighted by Crippen LogP contribution is 2.23. The number of amides is 1. The van der Waals surface area contributed by atoms with Crippen molar-refractivity contribution >= 4 is 23.6 Å². The number of hydrogen-bond donors (Lipinski definition) is 1. The van der Waals surface area contributed by atoms with Crippen molar-refractivity contribution in [2.75, 3.05) is 18.0 Å². The van der Waals surface area contributed by atoms with Gasteiger partial charge in [-0.15, -0.1) is 11.8 Å². The van der Waals surface area contributed by atoms with Gasteiger partial charge in [-0.25, -0.2) is 9.97 Å². The van der Waals surface area contributed by atoms with Crippen molar-refractivity contribution in [1.29, 1.82) is 0 Å². The zero-order valence-electron chi connectivity index (χ0n) is 16.1. The minimum absolute atomic E-state index is 0.0109. The summed E-state index contributed by atoms with van der Waals surface area (Å²) in [7, 11) is 0. The molecule has 3 heterocycles. The smallest absolute Gasteiger partial charge is 0.251 e. The van der Waals surface area contributed by atoms with E-state index in [-0.39, 0.29) is 11.9 Å². The van der Waals surface area contributed by atoms with Crippen LogP contribution in [0.1, 0.15) is 28.8 Å². The van der Waals surface area contributed by atoms with Crippen molar-refractivity contribution in [1.82, 2.24) is 20.3 Å². The van der Waals surface area contributed by atoms with E-state index in [1.807, 2.05) is 42.6 Å². The minimum atomic E-state index is -0.0109. The van der Waals surface area contributed by atoms with Crippen LogP contribution in [0.3, 0.4) is 0 Å². The summed E-state index contributed by atoms with van der Waals surface area (Å²) >= 11 is 1.74. The zero-order valence-corrected chi connectivity index (χ0v) is 16.9. The monoisotopic (exact) mass is 405 g/mol. The first-order chi connectivity index (χ1) is 14.3. The maximum Gasteiger partial charge on any atom is 0.251 e. The van der Waals surface area contributed by atoms with Crippen molar-refractivity contribution in [3.63, 3.8) is 0 Å². The Labute approximate surface area is 174 Å². The van der Waals surface area contributed by atoms with Crippen molar-refractivity contribution in [2.24, 2.45) is 0 Å². The third kappa shape index (κ3) is 5.32. The largest absolute Gasteiger partial charge is 0.349 e. The molecule has 0 unspecified atom stereocenters. The predicted molar refractivity (Wildman–Crippen MR) is 115 cm³/mol. The topological polar surface area (TPSA) is 71.0 Å². The number of carbonyl (C=O) groups excluding carboxylic acids is 1. The van der Waals surface area contributed by atoms with E-state index in [0.29, 0.717) is 5.56 Å². The molecule has 29 heavy (non-hydrogen) atoms. The van der Waals surface area contributed by atoms with E-state index in [4.69, 9.17) is 0 Å². The van der Waals surface area contributed by atoms with E-state index in [9.17, 15) is 4.79 Å². The number of carbonyl (C=O) groups is 1. The van der Waals surface area contributed by atoms with Gasteiger partial charge in [-0.2, -0.15) is 0 Å². The fourth-order valence-corrected chi connectivity index (χ4v) is 4.13. The quantitative estimate of drug-likeness (QED) is 0.632. The van der Waals surface area contributed by atoms with Crippen LogP contribution in [-0.2, 0) is 5.75 Å². The van der Waals surface area contributed by atoms with Gasteiger partial charge >= 0.3 is 0 Å². The lowest BCUT2D eigenvalue weighted by Gasteiger charge is -2.32. The number of piperidine rings is 1. The molecule has 148 valence electrons. The molecule has 0 radical (unpaired) electrons. The van der Waals surface area contributed by atoms with Gasteiger partial charge in [0.1, 0.15) is 0 Å². The molecule has 1 saturated heterocycles. The van der Waals surface area contributed by atoms with Gasteiger partial charge in [0.05, 0.1) is 0 Å². The van der Waals surface area contributed by atoms with Crippen LogP contribution in [0.5, 0.6) is 0 Å². The summed E-state index contributed by atoms with van der Waals surface area (Å²) in [5.41, 5.74) is 1.89. The zero-order chi connectivity index (χ0) is 19.9.